The Morgan fingerprint density at radius 2 is 1.63 bits per heavy atom. The first kappa shape index (κ1) is 29.8. The van der Waals surface area contributed by atoms with E-state index in [2.05, 4.69) is 27.7 Å². The number of esters is 2. The largest absolute Gasteiger partial charge is 0.462 e. The minimum Gasteiger partial charge on any atom is -0.462 e. The molecule has 0 bridgehead atoms. The Morgan fingerprint density at radius 3 is 2.24 bits per heavy atom. The van der Waals surface area contributed by atoms with Gasteiger partial charge in [-0.25, -0.2) is 0 Å². The van der Waals surface area contributed by atoms with Gasteiger partial charge in [0.25, 0.3) is 0 Å². The summed E-state index contributed by atoms with van der Waals surface area (Å²) in [7, 11) is 0. The number of aliphatic hydroxyl groups excluding tert-OH is 1. The highest BCUT2D eigenvalue weighted by Crippen LogP contribution is 2.87. The topological polar surface area (TPSA) is 128 Å². The van der Waals surface area contributed by atoms with Crippen LogP contribution in [-0.4, -0.2) is 63.8 Å². The second-order valence-corrected chi connectivity index (χ2v) is 16.5. The Bertz CT molecular complexity index is 1120. The Labute approximate surface area is 245 Å². The van der Waals surface area contributed by atoms with Gasteiger partial charge in [-0.3, -0.25) is 9.59 Å². The third-order valence-electron chi connectivity index (χ3n) is 13.9. The number of fused-ring (bicyclic) bond motifs is 4. The van der Waals surface area contributed by atoms with Crippen LogP contribution >= 0.6 is 0 Å². The highest BCUT2D eigenvalue weighted by atomic mass is 16.6. The molecule has 0 aromatic rings. The van der Waals surface area contributed by atoms with E-state index < -0.39 is 41.5 Å². The summed E-state index contributed by atoms with van der Waals surface area (Å²) in [5, 5.41) is 23.2. The molecular weight excluding hydrogens is 522 g/mol. The Hall–Kier alpha value is -1.22. The van der Waals surface area contributed by atoms with Crippen molar-refractivity contribution in [3.8, 4) is 0 Å². The molecule has 1 aliphatic heterocycles. The molecule has 8 unspecified atom stereocenters. The molecule has 2 spiro atoms. The standard InChI is InChI=1S/C33H53NO7/c1-17-15-20(27(29(6,7)38)40-19(3)36)41-25-24(17)30(8)13-14-32-16-31(32)12-11-23(39-18(2)35)28(4,5)21(31)9-10-22(32)33(30,34)26(25)37/h17,20-27,37-38H,9-16,34H2,1-8H3/t17-,20+,21?,22?,23?,24+,25?,26+,27?,30?,31?,32?,33+/m1/s1. The molecule has 1 heterocycles. The lowest BCUT2D eigenvalue weighted by molar-refractivity contribution is -0.216. The fraction of sp³-hybridized carbons (Fsp3) is 0.939. The van der Waals surface area contributed by atoms with Crippen molar-refractivity contribution in [3.63, 3.8) is 0 Å². The molecule has 0 aromatic carbocycles. The molecule has 0 aromatic heterocycles. The Kier molecular flexibility index (Phi) is 6.49. The highest BCUT2D eigenvalue weighted by Gasteiger charge is 2.85. The van der Waals surface area contributed by atoms with Gasteiger partial charge in [0.05, 0.1) is 29.5 Å². The van der Waals surface area contributed by atoms with Gasteiger partial charge in [0, 0.05) is 19.3 Å². The summed E-state index contributed by atoms with van der Waals surface area (Å²) in [4.78, 5) is 23.9. The first-order valence-corrected chi connectivity index (χ1v) is 16.1. The Balaban J connectivity index is 1.32. The zero-order valence-electron chi connectivity index (χ0n) is 26.4. The van der Waals surface area contributed by atoms with E-state index >= 15 is 0 Å². The summed E-state index contributed by atoms with van der Waals surface area (Å²) in [6.07, 6.45) is 5.05. The third kappa shape index (κ3) is 3.72. The van der Waals surface area contributed by atoms with E-state index in [1.54, 1.807) is 13.8 Å². The fourth-order valence-corrected chi connectivity index (χ4v) is 12.4. The van der Waals surface area contributed by atoms with Crippen LogP contribution in [0.15, 0.2) is 0 Å². The second kappa shape index (κ2) is 8.92. The van der Waals surface area contributed by atoms with Crippen molar-refractivity contribution in [2.75, 3.05) is 0 Å². The molecule has 0 amide bonds. The molecule has 8 nitrogen and oxygen atoms in total. The number of hydrogen-bond donors (Lipinski definition) is 3. The number of nitrogens with two attached hydrogens (primary N) is 1. The van der Waals surface area contributed by atoms with Crippen molar-refractivity contribution in [1.29, 1.82) is 0 Å². The van der Waals surface area contributed by atoms with Gasteiger partial charge < -0.3 is 30.2 Å². The van der Waals surface area contributed by atoms with Crippen molar-refractivity contribution >= 4 is 11.9 Å². The van der Waals surface area contributed by atoms with Crippen LogP contribution in [0.5, 0.6) is 0 Å². The molecule has 1 saturated heterocycles. The quantitative estimate of drug-likeness (QED) is 0.427. The van der Waals surface area contributed by atoms with Gasteiger partial charge in [-0.15, -0.1) is 0 Å². The van der Waals surface area contributed by atoms with Crippen molar-refractivity contribution in [2.45, 2.75) is 148 Å². The highest BCUT2D eigenvalue weighted by molar-refractivity contribution is 5.66. The molecule has 8 heteroatoms. The molecule has 13 atom stereocenters. The van der Waals surface area contributed by atoms with E-state index in [0.29, 0.717) is 12.3 Å². The van der Waals surface area contributed by atoms with Gasteiger partial charge in [-0.2, -0.15) is 0 Å². The first-order chi connectivity index (χ1) is 18.9. The van der Waals surface area contributed by atoms with Crippen molar-refractivity contribution < 1.29 is 34.0 Å². The average molecular weight is 576 g/mol. The van der Waals surface area contributed by atoms with Crippen molar-refractivity contribution in [3.05, 3.63) is 0 Å². The van der Waals surface area contributed by atoms with E-state index in [0.717, 1.165) is 44.9 Å². The summed E-state index contributed by atoms with van der Waals surface area (Å²) in [5.41, 5.74) is 5.49. The molecule has 4 N–H and O–H groups in total. The zero-order valence-corrected chi connectivity index (χ0v) is 26.4. The first-order valence-electron chi connectivity index (χ1n) is 16.1. The van der Waals surface area contributed by atoms with Crippen molar-refractivity contribution in [1.82, 2.24) is 0 Å². The van der Waals surface area contributed by atoms with Crippen LogP contribution in [-0.2, 0) is 23.8 Å². The van der Waals surface area contributed by atoms with Crippen LogP contribution in [0, 0.1) is 45.3 Å². The lowest BCUT2D eigenvalue weighted by Crippen LogP contribution is -2.70. The fourth-order valence-electron chi connectivity index (χ4n) is 12.4. The van der Waals surface area contributed by atoms with Gasteiger partial charge in [0.15, 0.2) is 6.10 Å². The normalized spacial score (nSPS) is 52.1. The second-order valence-electron chi connectivity index (χ2n) is 16.5. The van der Waals surface area contributed by atoms with Crippen molar-refractivity contribution in [2.24, 2.45) is 51.1 Å². The number of aliphatic hydroxyl groups is 2. The molecule has 0 radical (unpaired) electrons. The minimum absolute atomic E-state index is 0.0578. The summed E-state index contributed by atoms with van der Waals surface area (Å²) < 4.78 is 18.2. The van der Waals surface area contributed by atoms with Gasteiger partial charge in [-0.1, -0.05) is 27.7 Å². The molecule has 41 heavy (non-hydrogen) atoms. The van der Waals surface area contributed by atoms with Crippen LogP contribution in [0.25, 0.3) is 0 Å². The predicted octanol–water partition coefficient (Wildman–Crippen LogP) is 4.13. The van der Waals surface area contributed by atoms with Crippen LogP contribution in [0.2, 0.25) is 0 Å². The molecule has 232 valence electrons. The third-order valence-corrected chi connectivity index (χ3v) is 13.9. The van der Waals surface area contributed by atoms with E-state index in [1.165, 1.54) is 13.8 Å². The van der Waals surface area contributed by atoms with E-state index in [1.807, 2.05) is 0 Å². The lowest BCUT2D eigenvalue weighted by Gasteiger charge is -2.63. The van der Waals surface area contributed by atoms with Gasteiger partial charge in [0.2, 0.25) is 0 Å². The maximum absolute atomic E-state index is 12.3. The molecular formula is C33H53NO7. The Morgan fingerprint density at radius 1 is 1.00 bits per heavy atom. The zero-order chi connectivity index (χ0) is 30.1. The summed E-state index contributed by atoms with van der Waals surface area (Å²) in [6.45, 7) is 15.3. The van der Waals surface area contributed by atoms with Gasteiger partial charge >= 0.3 is 11.9 Å². The van der Waals surface area contributed by atoms with Crippen LogP contribution < -0.4 is 5.73 Å². The average Bonchev–Trinajstić information content (AvgIpc) is 3.48. The molecule has 6 rings (SSSR count). The number of hydrogen-bond acceptors (Lipinski definition) is 8. The smallest absolute Gasteiger partial charge is 0.303 e. The molecule has 5 aliphatic carbocycles. The van der Waals surface area contributed by atoms with Gasteiger partial charge in [-0.05, 0) is 105 Å². The number of ether oxygens (including phenoxy) is 3. The summed E-state index contributed by atoms with van der Waals surface area (Å²) in [5.74, 6) is 0.272. The number of carbonyl (C=O) groups excluding carboxylic acids is 2. The minimum atomic E-state index is -1.29. The number of rotatable bonds is 4. The van der Waals surface area contributed by atoms with Crippen LogP contribution in [0.4, 0.5) is 0 Å². The van der Waals surface area contributed by atoms with E-state index in [9.17, 15) is 19.8 Å². The SMILES string of the molecule is CC(=O)OC([C@@H]1C[C@@H](C)[C@H]2C(O1)[C@H](O)[C@@]1(N)C3CCC4C(C)(C)C(OC(C)=O)CCC45CC35CCC21C)C(C)(C)O. The van der Waals surface area contributed by atoms with E-state index in [4.69, 9.17) is 19.9 Å². The molecule has 6 aliphatic rings. The monoisotopic (exact) mass is 575 g/mol. The lowest BCUT2D eigenvalue weighted by atomic mass is 9.43. The molecule has 5 saturated carbocycles. The maximum atomic E-state index is 12.3. The van der Waals surface area contributed by atoms with Gasteiger partial charge in [0.1, 0.15) is 6.10 Å². The summed E-state index contributed by atoms with van der Waals surface area (Å²) >= 11 is 0. The van der Waals surface area contributed by atoms with Crippen LogP contribution in [0.1, 0.15) is 107 Å². The summed E-state index contributed by atoms with van der Waals surface area (Å²) in [6, 6.07) is 0. The molecule has 6 fully saturated rings. The predicted molar refractivity (Wildman–Crippen MR) is 152 cm³/mol. The van der Waals surface area contributed by atoms with Crippen LogP contribution in [0.3, 0.4) is 0 Å². The van der Waals surface area contributed by atoms with E-state index in [-0.39, 0.29) is 51.5 Å². The maximum Gasteiger partial charge on any atom is 0.303 e. The number of carbonyl (C=O) groups is 2.